The zero-order valence-electron chi connectivity index (χ0n) is 11.7. The molecule has 1 saturated carbocycles. The van der Waals surface area contributed by atoms with Crippen LogP contribution in [0.15, 0.2) is 11.6 Å². The molecule has 18 heavy (non-hydrogen) atoms. The lowest BCUT2D eigenvalue weighted by atomic mass is 9.77. The van der Waals surface area contributed by atoms with Crippen molar-refractivity contribution in [3.05, 3.63) is 11.6 Å². The number of hydrogen-bond donors (Lipinski definition) is 3. The summed E-state index contributed by atoms with van der Waals surface area (Å²) in [6.07, 6.45) is 5.08. The molecule has 2 aliphatic rings. The fourth-order valence-corrected chi connectivity index (χ4v) is 3.66. The van der Waals surface area contributed by atoms with E-state index < -0.39 is 11.2 Å². The maximum Gasteiger partial charge on any atom is 0.0915 e. The maximum absolute atomic E-state index is 10.7. The van der Waals surface area contributed by atoms with E-state index in [1.54, 1.807) is 0 Å². The van der Waals surface area contributed by atoms with E-state index in [0.29, 0.717) is 18.8 Å². The summed E-state index contributed by atoms with van der Waals surface area (Å²) in [5.74, 6) is 0.381. The Morgan fingerprint density at radius 2 is 2.00 bits per heavy atom. The molecular formula is C15H26O3. The van der Waals surface area contributed by atoms with Crippen LogP contribution >= 0.6 is 0 Å². The minimum Gasteiger partial charge on any atom is -0.393 e. The van der Waals surface area contributed by atoms with Crippen molar-refractivity contribution in [3.63, 3.8) is 0 Å². The van der Waals surface area contributed by atoms with Gasteiger partial charge >= 0.3 is 0 Å². The fourth-order valence-electron chi connectivity index (χ4n) is 3.66. The van der Waals surface area contributed by atoms with E-state index >= 15 is 0 Å². The second kappa shape index (κ2) is 4.62. The summed E-state index contributed by atoms with van der Waals surface area (Å²) in [5, 5.41) is 30.7. The van der Waals surface area contributed by atoms with Gasteiger partial charge in [0, 0.05) is 5.92 Å². The highest BCUT2D eigenvalue weighted by Gasteiger charge is 2.52. The van der Waals surface area contributed by atoms with Gasteiger partial charge in [0.1, 0.15) is 0 Å². The Balaban J connectivity index is 2.38. The van der Waals surface area contributed by atoms with E-state index in [-0.39, 0.29) is 18.4 Å². The Hall–Kier alpha value is -0.380. The van der Waals surface area contributed by atoms with Crippen LogP contribution in [0, 0.1) is 17.8 Å². The van der Waals surface area contributed by atoms with Gasteiger partial charge in [-0.3, -0.25) is 0 Å². The molecule has 0 spiro atoms. The second-order valence-corrected chi connectivity index (χ2v) is 6.69. The van der Waals surface area contributed by atoms with Crippen LogP contribution < -0.4 is 0 Å². The summed E-state index contributed by atoms with van der Waals surface area (Å²) >= 11 is 0. The van der Waals surface area contributed by atoms with Crippen molar-refractivity contribution in [1.82, 2.24) is 0 Å². The molecule has 0 aromatic carbocycles. The van der Waals surface area contributed by atoms with E-state index in [0.717, 1.165) is 12.8 Å². The maximum atomic E-state index is 10.7. The van der Waals surface area contributed by atoms with Crippen molar-refractivity contribution in [2.45, 2.75) is 57.7 Å². The summed E-state index contributed by atoms with van der Waals surface area (Å²) in [7, 11) is 0. The molecule has 104 valence electrons. The number of hydrogen-bond acceptors (Lipinski definition) is 3. The van der Waals surface area contributed by atoms with Gasteiger partial charge in [-0.15, -0.1) is 0 Å². The molecule has 4 atom stereocenters. The van der Waals surface area contributed by atoms with Crippen LogP contribution in [-0.2, 0) is 0 Å². The highest BCUT2D eigenvalue weighted by Crippen LogP contribution is 2.50. The molecule has 0 aliphatic heterocycles. The smallest absolute Gasteiger partial charge is 0.0915 e. The summed E-state index contributed by atoms with van der Waals surface area (Å²) in [4.78, 5) is 0. The van der Waals surface area contributed by atoms with Crippen LogP contribution in [-0.4, -0.2) is 33.1 Å². The largest absolute Gasteiger partial charge is 0.393 e. The highest BCUT2D eigenvalue weighted by atomic mass is 16.3. The Bertz CT molecular complexity index is 346. The summed E-state index contributed by atoms with van der Waals surface area (Å²) < 4.78 is 0. The average molecular weight is 254 g/mol. The molecule has 0 unspecified atom stereocenters. The summed E-state index contributed by atoms with van der Waals surface area (Å²) in [6, 6.07) is 0. The van der Waals surface area contributed by atoms with E-state index in [1.807, 2.05) is 6.92 Å². The first-order valence-corrected chi connectivity index (χ1v) is 7.06. The quantitative estimate of drug-likeness (QED) is 0.659. The minimum atomic E-state index is -1.03. The summed E-state index contributed by atoms with van der Waals surface area (Å²) in [6.45, 7) is 5.94. The van der Waals surface area contributed by atoms with Gasteiger partial charge < -0.3 is 15.3 Å². The number of allylic oxidation sites excluding steroid dienone is 1. The van der Waals surface area contributed by atoms with Gasteiger partial charge in [0.05, 0.1) is 17.8 Å². The lowest BCUT2D eigenvalue weighted by Crippen LogP contribution is -2.45. The van der Waals surface area contributed by atoms with Gasteiger partial charge in [0.2, 0.25) is 0 Å². The van der Waals surface area contributed by atoms with Crippen LogP contribution in [0.25, 0.3) is 0 Å². The average Bonchev–Trinajstić information content (AvgIpc) is 2.50. The molecule has 0 aromatic rings. The minimum absolute atomic E-state index is 0.0197. The first kappa shape index (κ1) is 14.0. The topological polar surface area (TPSA) is 60.7 Å². The molecule has 2 aliphatic carbocycles. The third kappa shape index (κ3) is 2.24. The molecule has 0 bridgehead atoms. The van der Waals surface area contributed by atoms with Crippen LogP contribution in [0.2, 0.25) is 0 Å². The standard InChI is InChI=1S/C15H26O3/c1-10(2)11-4-7-15(18,9-16)12-5-6-14(3,17)13(12)8-11/h8,10,12-13,16-18H,4-7,9H2,1-3H3/t12-,13+,14+,15+/m0/s1. The Morgan fingerprint density at radius 1 is 1.33 bits per heavy atom. The zero-order chi connectivity index (χ0) is 13.6. The predicted molar refractivity (Wildman–Crippen MR) is 71.0 cm³/mol. The molecule has 0 aromatic heterocycles. The van der Waals surface area contributed by atoms with Crippen LogP contribution in [0.1, 0.15) is 46.5 Å². The first-order chi connectivity index (χ1) is 8.30. The van der Waals surface area contributed by atoms with Crippen molar-refractivity contribution in [2.24, 2.45) is 17.8 Å². The van der Waals surface area contributed by atoms with Crippen LogP contribution in [0.4, 0.5) is 0 Å². The van der Waals surface area contributed by atoms with Crippen molar-refractivity contribution in [3.8, 4) is 0 Å². The highest BCUT2D eigenvalue weighted by molar-refractivity contribution is 5.19. The number of aliphatic hydroxyl groups excluding tert-OH is 1. The SMILES string of the molecule is CC(C)C1=C[C@@H]2[C@H](CC[C@@]2(C)O)[C@](O)(CO)CC1. The van der Waals surface area contributed by atoms with Crippen LogP contribution in [0.5, 0.6) is 0 Å². The Labute approximate surface area is 110 Å². The van der Waals surface area contributed by atoms with Gasteiger partial charge in [0.25, 0.3) is 0 Å². The molecule has 1 fully saturated rings. The van der Waals surface area contributed by atoms with Crippen molar-refractivity contribution < 1.29 is 15.3 Å². The lowest BCUT2D eigenvalue weighted by molar-refractivity contribution is -0.0858. The molecule has 3 heteroatoms. The van der Waals surface area contributed by atoms with Crippen molar-refractivity contribution >= 4 is 0 Å². The lowest BCUT2D eigenvalue weighted by Gasteiger charge is -2.36. The van der Waals surface area contributed by atoms with Gasteiger partial charge in [-0.25, -0.2) is 0 Å². The predicted octanol–water partition coefficient (Wildman–Crippen LogP) is 1.86. The molecule has 0 radical (unpaired) electrons. The molecule has 0 saturated heterocycles. The van der Waals surface area contributed by atoms with Gasteiger partial charge in [-0.05, 0) is 44.4 Å². The molecule has 0 heterocycles. The van der Waals surface area contributed by atoms with Crippen LogP contribution in [0.3, 0.4) is 0 Å². The fraction of sp³-hybridized carbons (Fsp3) is 0.867. The molecular weight excluding hydrogens is 228 g/mol. The molecule has 3 N–H and O–H groups in total. The third-order valence-corrected chi connectivity index (χ3v) is 5.06. The summed E-state index contributed by atoms with van der Waals surface area (Å²) in [5.41, 5.74) is -0.479. The number of rotatable bonds is 2. The molecule has 0 amide bonds. The van der Waals surface area contributed by atoms with Gasteiger partial charge in [-0.2, -0.15) is 0 Å². The normalized spacial score (nSPS) is 44.7. The van der Waals surface area contributed by atoms with Gasteiger partial charge in [0.15, 0.2) is 0 Å². The van der Waals surface area contributed by atoms with E-state index in [9.17, 15) is 15.3 Å². The van der Waals surface area contributed by atoms with Crippen molar-refractivity contribution in [2.75, 3.05) is 6.61 Å². The van der Waals surface area contributed by atoms with E-state index in [2.05, 4.69) is 19.9 Å². The molecule has 3 nitrogen and oxygen atoms in total. The van der Waals surface area contributed by atoms with E-state index in [4.69, 9.17) is 0 Å². The third-order valence-electron chi connectivity index (χ3n) is 5.06. The van der Waals surface area contributed by atoms with E-state index in [1.165, 1.54) is 5.57 Å². The van der Waals surface area contributed by atoms with Gasteiger partial charge in [-0.1, -0.05) is 25.5 Å². The number of aliphatic hydroxyl groups is 3. The zero-order valence-corrected chi connectivity index (χ0v) is 11.7. The second-order valence-electron chi connectivity index (χ2n) is 6.69. The monoisotopic (exact) mass is 254 g/mol. The van der Waals surface area contributed by atoms with Crippen molar-refractivity contribution in [1.29, 1.82) is 0 Å². The number of fused-ring (bicyclic) bond motifs is 1. The first-order valence-electron chi connectivity index (χ1n) is 7.06. The Kier molecular flexibility index (Phi) is 3.60. The Morgan fingerprint density at radius 3 is 2.56 bits per heavy atom. The molecule has 2 rings (SSSR count).